The van der Waals surface area contributed by atoms with Gasteiger partial charge < -0.3 is 9.84 Å². The fourth-order valence-electron chi connectivity index (χ4n) is 2.61. The minimum atomic E-state index is -0.778. The molecule has 6 heteroatoms. The Hall–Kier alpha value is -0.950. The highest BCUT2D eigenvalue weighted by atomic mass is 32.1. The molecule has 0 spiro atoms. The highest BCUT2D eigenvalue weighted by molar-refractivity contribution is 7.09. The summed E-state index contributed by atoms with van der Waals surface area (Å²) in [4.78, 5) is 18.3. The van der Waals surface area contributed by atoms with E-state index in [1.165, 1.54) is 4.88 Å². The van der Waals surface area contributed by atoms with Gasteiger partial charge in [0.15, 0.2) is 6.29 Å². The Labute approximate surface area is 135 Å². The average molecular weight is 327 g/mol. The Kier molecular flexibility index (Phi) is 7.32. The van der Waals surface area contributed by atoms with Crippen molar-refractivity contribution in [1.82, 2.24) is 5.48 Å². The van der Waals surface area contributed by atoms with E-state index in [0.29, 0.717) is 13.0 Å². The molecule has 1 aromatic rings. The maximum atomic E-state index is 11.5. The van der Waals surface area contributed by atoms with E-state index in [1.807, 2.05) is 18.4 Å². The number of thiophene rings is 1. The van der Waals surface area contributed by atoms with E-state index in [1.54, 1.807) is 11.3 Å². The molecule has 1 aromatic heterocycles. The number of nitrogens with one attached hydrogen (secondary N) is 1. The Balaban J connectivity index is 1.72. The smallest absolute Gasteiger partial charge is 0.308 e. The first-order chi connectivity index (χ1) is 10.7. The standard InChI is InChI=1S/C16H25NO4S/c1-12(17-21-15-9-2-3-10-20-15)14(16(18)19)8-4-6-13-7-5-11-22-13/h5,7,11-12,14-15,17H,2-4,6,8-10H2,1H3,(H,18,19). The van der Waals surface area contributed by atoms with E-state index in [4.69, 9.17) is 9.57 Å². The minimum absolute atomic E-state index is 0.244. The van der Waals surface area contributed by atoms with Crippen LogP contribution in [0.3, 0.4) is 0 Å². The summed E-state index contributed by atoms with van der Waals surface area (Å²) in [5.41, 5.74) is 2.87. The third kappa shape index (κ3) is 5.68. The molecule has 5 nitrogen and oxygen atoms in total. The summed E-state index contributed by atoms with van der Waals surface area (Å²) in [6.07, 6.45) is 5.19. The molecule has 1 aliphatic rings. The number of hydrogen-bond donors (Lipinski definition) is 2. The quantitative estimate of drug-likeness (QED) is 0.682. The van der Waals surface area contributed by atoms with Crippen LogP contribution >= 0.6 is 11.3 Å². The summed E-state index contributed by atoms with van der Waals surface area (Å²) < 4.78 is 5.47. The first-order valence-electron chi connectivity index (χ1n) is 7.95. The number of carbonyl (C=O) groups is 1. The summed E-state index contributed by atoms with van der Waals surface area (Å²) in [5, 5.41) is 11.5. The molecule has 0 aliphatic carbocycles. The molecule has 2 rings (SSSR count). The van der Waals surface area contributed by atoms with Crippen LogP contribution in [0.1, 0.15) is 43.9 Å². The molecule has 0 amide bonds. The van der Waals surface area contributed by atoms with Crippen molar-refractivity contribution in [1.29, 1.82) is 0 Å². The average Bonchev–Trinajstić information content (AvgIpc) is 3.03. The van der Waals surface area contributed by atoms with Crippen molar-refractivity contribution in [3.05, 3.63) is 22.4 Å². The Morgan fingerprint density at radius 1 is 1.59 bits per heavy atom. The van der Waals surface area contributed by atoms with Crippen LogP contribution in [-0.2, 0) is 20.8 Å². The zero-order chi connectivity index (χ0) is 15.8. The third-order valence-corrected chi connectivity index (χ3v) is 4.90. The van der Waals surface area contributed by atoms with Crippen LogP contribution in [0.25, 0.3) is 0 Å². The number of aliphatic carboxylic acids is 1. The number of carboxylic acids is 1. The van der Waals surface area contributed by atoms with Gasteiger partial charge in [0.05, 0.1) is 5.92 Å². The van der Waals surface area contributed by atoms with E-state index in [-0.39, 0.29) is 12.3 Å². The largest absolute Gasteiger partial charge is 0.481 e. The third-order valence-electron chi connectivity index (χ3n) is 3.96. The van der Waals surface area contributed by atoms with Gasteiger partial charge in [-0.15, -0.1) is 11.3 Å². The van der Waals surface area contributed by atoms with Crippen molar-refractivity contribution >= 4 is 17.3 Å². The number of carboxylic acid groups (broad SMARTS) is 1. The van der Waals surface area contributed by atoms with E-state index < -0.39 is 11.9 Å². The highest BCUT2D eigenvalue weighted by Crippen LogP contribution is 2.18. The minimum Gasteiger partial charge on any atom is -0.481 e. The lowest BCUT2D eigenvalue weighted by Crippen LogP contribution is -2.41. The van der Waals surface area contributed by atoms with E-state index in [0.717, 1.165) is 32.1 Å². The van der Waals surface area contributed by atoms with Crippen molar-refractivity contribution in [3.63, 3.8) is 0 Å². The molecule has 1 aliphatic heterocycles. The molecule has 0 saturated carbocycles. The Morgan fingerprint density at radius 2 is 2.45 bits per heavy atom. The van der Waals surface area contributed by atoms with Gasteiger partial charge in [-0.05, 0) is 50.5 Å². The van der Waals surface area contributed by atoms with Gasteiger partial charge in [-0.2, -0.15) is 5.48 Å². The van der Waals surface area contributed by atoms with Crippen molar-refractivity contribution in [2.45, 2.75) is 57.8 Å². The molecular weight excluding hydrogens is 302 g/mol. The zero-order valence-electron chi connectivity index (χ0n) is 13.0. The molecule has 1 saturated heterocycles. The van der Waals surface area contributed by atoms with Crippen molar-refractivity contribution in [2.24, 2.45) is 5.92 Å². The predicted octanol–water partition coefficient (Wildman–Crippen LogP) is 3.21. The van der Waals surface area contributed by atoms with Crippen LogP contribution in [0.2, 0.25) is 0 Å². The molecule has 1 fully saturated rings. The lowest BCUT2D eigenvalue weighted by atomic mass is 9.95. The van der Waals surface area contributed by atoms with Gasteiger partial charge >= 0.3 is 5.97 Å². The number of aryl methyl sites for hydroxylation is 1. The topological polar surface area (TPSA) is 67.8 Å². The van der Waals surface area contributed by atoms with Gasteiger partial charge in [0.25, 0.3) is 0 Å². The van der Waals surface area contributed by atoms with Gasteiger partial charge in [0.2, 0.25) is 0 Å². The molecular formula is C16H25NO4S. The van der Waals surface area contributed by atoms with Crippen LogP contribution < -0.4 is 5.48 Å². The lowest BCUT2D eigenvalue weighted by molar-refractivity contribution is -0.206. The van der Waals surface area contributed by atoms with Crippen molar-refractivity contribution in [2.75, 3.05) is 6.61 Å². The first kappa shape index (κ1) is 17.4. The summed E-state index contributed by atoms with van der Waals surface area (Å²) in [7, 11) is 0. The van der Waals surface area contributed by atoms with Gasteiger partial charge in [-0.25, -0.2) is 0 Å². The molecule has 0 radical (unpaired) electrons. The van der Waals surface area contributed by atoms with Crippen molar-refractivity contribution < 1.29 is 19.5 Å². The Bertz CT molecular complexity index is 431. The number of hydroxylamine groups is 1. The van der Waals surface area contributed by atoms with E-state index in [9.17, 15) is 9.90 Å². The maximum Gasteiger partial charge on any atom is 0.308 e. The van der Waals surface area contributed by atoms with Crippen LogP contribution in [-0.4, -0.2) is 30.0 Å². The molecule has 2 N–H and O–H groups in total. The van der Waals surface area contributed by atoms with Gasteiger partial charge in [-0.3, -0.25) is 9.63 Å². The summed E-state index contributed by atoms with van der Waals surface area (Å²) >= 11 is 1.72. The molecule has 3 atom stereocenters. The molecule has 124 valence electrons. The van der Waals surface area contributed by atoms with Gasteiger partial charge in [0, 0.05) is 23.9 Å². The molecule has 22 heavy (non-hydrogen) atoms. The summed E-state index contributed by atoms with van der Waals surface area (Å²) in [6, 6.07) is 3.87. The molecule has 0 aromatic carbocycles. The second-order valence-corrected chi connectivity index (χ2v) is 6.77. The number of hydrogen-bond acceptors (Lipinski definition) is 5. The van der Waals surface area contributed by atoms with Crippen molar-refractivity contribution in [3.8, 4) is 0 Å². The SMILES string of the molecule is CC(NOC1CCCCO1)C(CCCc1cccs1)C(=O)O. The van der Waals surface area contributed by atoms with E-state index in [2.05, 4.69) is 11.5 Å². The predicted molar refractivity (Wildman–Crippen MR) is 85.7 cm³/mol. The second-order valence-electron chi connectivity index (χ2n) is 5.74. The van der Waals surface area contributed by atoms with Crippen LogP contribution in [0.4, 0.5) is 0 Å². The fourth-order valence-corrected chi connectivity index (χ4v) is 3.36. The molecule has 3 unspecified atom stereocenters. The lowest BCUT2D eigenvalue weighted by Gasteiger charge is -2.26. The maximum absolute atomic E-state index is 11.5. The highest BCUT2D eigenvalue weighted by Gasteiger charge is 2.26. The van der Waals surface area contributed by atoms with Gasteiger partial charge in [-0.1, -0.05) is 6.07 Å². The van der Waals surface area contributed by atoms with Crippen LogP contribution in [0.15, 0.2) is 17.5 Å². The first-order valence-corrected chi connectivity index (χ1v) is 8.82. The second kappa shape index (κ2) is 9.25. The van der Waals surface area contributed by atoms with Crippen LogP contribution in [0, 0.1) is 5.92 Å². The molecule has 0 bridgehead atoms. The fraction of sp³-hybridized carbons (Fsp3) is 0.688. The number of rotatable bonds is 9. The van der Waals surface area contributed by atoms with E-state index >= 15 is 0 Å². The summed E-state index contributed by atoms with van der Waals surface area (Å²) in [6.45, 7) is 2.57. The van der Waals surface area contributed by atoms with Gasteiger partial charge in [0.1, 0.15) is 0 Å². The summed E-state index contributed by atoms with van der Waals surface area (Å²) in [5.74, 6) is -1.23. The monoisotopic (exact) mass is 327 g/mol. The number of ether oxygens (including phenoxy) is 1. The Morgan fingerprint density at radius 3 is 3.09 bits per heavy atom. The zero-order valence-corrected chi connectivity index (χ0v) is 13.8. The normalized spacial score (nSPS) is 21.4. The molecule has 2 heterocycles. The van der Waals surface area contributed by atoms with Crippen LogP contribution in [0.5, 0.6) is 0 Å².